The summed E-state index contributed by atoms with van der Waals surface area (Å²) >= 11 is 0. The minimum absolute atomic E-state index is 0.716. The Balaban J connectivity index is 1.47. The lowest BCUT2D eigenvalue weighted by molar-refractivity contribution is 0.239. The van der Waals surface area contributed by atoms with E-state index in [1.807, 2.05) is 0 Å². The topological polar surface area (TPSA) is 20.2 Å². The van der Waals surface area contributed by atoms with Gasteiger partial charge in [-0.2, -0.15) is 0 Å². The maximum Gasteiger partial charge on any atom is 0.0480 e. The van der Waals surface area contributed by atoms with Crippen LogP contribution in [0.3, 0.4) is 0 Å². The van der Waals surface area contributed by atoms with Crippen LogP contribution in [0.4, 0.5) is 0 Å². The fourth-order valence-corrected chi connectivity index (χ4v) is 4.38. The summed E-state index contributed by atoms with van der Waals surface area (Å²) in [6, 6.07) is 8.85. The van der Waals surface area contributed by atoms with Crippen molar-refractivity contribution >= 4 is 10.9 Å². The van der Waals surface area contributed by atoms with Crippen LogP contribution >= 0.6 is 0 Å². The first-order valence-corrected chi connectivity index (χ1v) is 8.78. The molecule has 1 aromatic carbocycles. The van der Waals surface area contributed by atoms with Crippen molar-refractivity contribution in [1.29, 1.82) is 0 Å². The first-order chi connectivity index (χ1) is 10.8. The molecule has 2 fully saturated rings. The lowest BCUT2D eigenvalue weighted by atomic mass is 9.97. The van der Waals surface area contributed by atoms with Gasteiger partial charge < -0.3 is 14.8 Å². The summed E-state index contributed by atoms with van der Waals surface area (Å²) < 4.78 is 2.29. The highest BCUT2D eigenvalue weighted by Crippen LogP contribution is 2.34. The number of aromatic nitrogens is 1. The summed E-state index contributed by atoms with van der Waals surface area (Å²) in [6.45, 7) is 6.26. The third kappa shape index (κ3) is 2.68. The highest BCUT2D eigenvalue weighted by atomic mass is 15.1. The average molecular weight is 297 g/mol. The van der Waals surface area contributed by atoms with E-state index in [-0.39, 0.29) is 0 Å². The molecule has 0 saturated carbocycles. The molecule has 2 aliphatic heterocycles. The lowest BCUT2D eigenvalue weighted by Gasteiger charge is -2.27. The normalized spacial score (nSPS) is 24.3. The first-order valence-electron chi connectivity index (χ1n) is 8.78. The first kappa shape index (κ1) is 14.3. The molecule has 1 atom stereocenters. The predicted molar refractivity (Wildman–Crippen MR) is 92.3 cm³/mol. The molecule has 1 unspecified atom stereocenters. The van der Waals surface area contributed by atoms with Crippen molar-refractivity contribution in [2.24, 2.45) is 13.0 Å². The molecule has 22 heavy (non-hydrogen) atoms. The summed E-state index contributed by atoms with van der Waals surface area (Å²) in [4.78, 5) is 2.71. The zero-order chi connectivity index (χ0) is 14.9. The maximum atomic E-state index is 3.48. The van der Waals surface area contributed by atoms with E-state index in [9.17, 15) is 0 Å². The molecule has 3 heterocycles. The van der Waals surface area contributed by atoms with Crippen molar-refractivity contribution in [1.82, 2.24) is 14.8 Å². The summed E-state index contributed by atoms with van der Waals surface area (Å²) in [5, 5.41) is 4.93. The highest BCUT2D eigenvalue weighted by Gasteiger charge is 2.28. The Bertz CT molecular complexity index is 639. The van der Waals surface area contributed by atoms with E-state index in [0.717, 1.165) is 5.92 Å². The Morgan fingerprint density at radius 3 is 2.82 bits per heavy atom. The van der Waals surface area contributed by atoms with Crippen molar-refractivity contribution in [2.75, 3.05) is 32.7 Å². The number of nitrogens with zero attached hydrogens (tertiary/aromatic N) is 2. The standard InChI is InChI=1S/C19H27N3/c1-21-14-18(17-4-2-3-5-19(17)21)16-8-11-22(13-16)12-15-6-9-20-10-7-15/h2-5,14-16,20H,6-13H2,1H3. The van der Waals surface area contributed by atoms with Crippen LogP contribution in [-0.2, 0) is 7.05 Å². The molecule has 0 bridgehead atoms. The number of fused-ring (bicyclic) bond motifs is 1. The molecular weight excluding hydrogens is 270 g/mol. The minimum atomic E-state index is 0.716. The number of aryl methyl sites for hydroxylation is 1. The number of hydrogen-bond donors (Lipinski definition) is 1. The molecule has 3 nitrogen and oxygen atoms in total. The lowest BCUT2D eigenvalue weighted by Crippen LogP contribution is -2.35. The van der Waals surface area contributed by atoms with Gasteiger partial charge in [0.15, 0.2) is 0 Å². The van der Waals surface area contributed by atoms with Crippen LogP contribution < -0.4 is 5.32 Å². The number of nitrogens with one attached hydrogen (secondary N) is 1. The average Bonchev–Trinajstić information content (AvgIpc) is 3.14. The fraction of sp³-hybridized carbons (Fsp3) is 0.579. The van der Waals surface area contributed by atoms with Crippen LogP contribution in [0.25, 0.3) is 10.9 Å². The van der Waals surface area contributed by atoms with E-state index in [1.54, 1.807) is 5.56 Å². The van der Waals surface area contributed by atoms with Gasteiger partial charge in [-0.3, -0.25) is 0 Å². The number of para-hydroxylation sites is 1. The summed E-state index contributed by atoms with van der Waals surface area (Å²) in [5.41, 5.74) is 2.93. The van der Waals surface area contributed by atoms with Crippen LogP contribution in [0.5, 0.6) is 0 Å². The van der Waals surface area contributed by atoms with Crippen molar-refractivity contribution < 1.29 is 0 Å². The molecule has 4 rings (SSSR count). The van der Waals surface area contributed by atoms with Crippen molar-refractivity contribution in [2.45, 2.75) is 25.2 Å². The van der Waals surface area contributed by atoms with Crippen molar-refractivity contribution in [3.05, 3.63) is 36.0 Å². The van der Waals surface area contributed by atoms with Gasteiger partial charge in [0, 0.05) is 37.2 Å². The zero-order valence-electron chi connectivity index (χ0n) is 13.6. The van der Waals surface area contributed by atoms with E-state index in [0.29, 0.717) is 5.92 Å². The SMILES string of the molecule is Cn1cc(C2CCN(CC3CCNCC3)C2)c2ccccc21. The van der Waals surface area contributed by atoms with Crippen molar-refractivity contribution in [3.8, 4) is 0 Å². The third-order valence-corrected chi connectivity index (χ3v) is 5.62. The van der Waals surface area contributed by atoms with Gasteiger partial charge in [-0.25, -0.2) is 0 Å². The van der Waals surface area contributed by atoms with Crippen LogP contribution in [0.15, 0.2) is 30.5 Å². The second kappa shape index (κ2) is 6.05. The van der Waals surface area contributed by atoms with E-state index in [2.05, 4.69) is 52.3 Å². The molecule has 3 heteroatoms. The molecule has 0 amide bonds. The van der Waals surface area contributed by atoms with Gasteiger partial charge >= 0.3 is 0 Å². The Kier molecular flexibility index (Phi) is 3.93. The molecular formula is C19H27N3. The van der Waals surface area contributed by atoms with Crippen LogP contribution in [0.1, 0.15) is 30.7 Å². The summed E-state index contributed by atoms with van der Waals surface area (Å²) in [7, 11) is 2.17. The van der Waals surface area contributed by atoms with Gasteiger partial charge in [0.05, 0.1) is 0 Å². The summed E-state index contributed by atoms with van der Waals surface area (Å²) in [5.74, 6) is 1.63. The van der Waals surface area contributed by atoms with Gasteiger partial charge in [0.1, 0.15) is 0 Å². The van der Waals surface area contributed by atoms with Crippen molar-refractivity contribution in [3.63, 3.8) is 0 Å². The van der Waals surface area contributed by atoms with E-state index < -0.39 is 0 Å². The Morgan fingerprint density at radius 1 is 1.14 bits per heavy atom. The number of benzene rings is 1. The quantitative estimate of drug-likeness (QED) is 0.940. The third-order valence-electron chi connectivity index (χ3n) is 5.62. The Labute approximate surface area is 133 Å². The largest absolute Gasteiger partial charge is 0.350 e. The minimum Gasteiger partial charge on any atom is -0.350 e. The number of rotatable bonds is 3. The maximum absolute atomic E-state index is 3.48. The van der Waals surface area contributed by atoms with E-state index in [4.69, 9.17) is 0 Å². The summed E-state index contributed by atoms with van der Waals surface area (Å²) in [6.07, 6.45) is 6.40. The predicted octanol–water partition coefficient (Wildman–Crippen LogP) is 2.97. The van der Waals surface area contributed by atoms with Crippen LogP contribution in [-0.4, -0.2) is 42.2 Å². The molecule has 0 radical (unpaired) electrons. The van der Waals surface area contributed by atoms with Crippen LogP contribution in [0, 0.1) is 5.92 Å². The molecule has 118 valence electrons. The van der Waals surface area contributed by atoms with E-state index >= 15 is 0 Å². The van der Waals surface area contributed by atoms with Gasteiger partial charge in [-0.05, 0) is 62.4 Å². The number of piperidine rings is 1. The van der Waals surface area contributed by atoms with Crippen LogP contribution in [0.2, 0.25) is 0 Å². The molecule has 2 aliphatic rings. The van der Waals surface area contributed by atoms with Gasteiger partial charge in [-0.1, -0.05) is 18.2 Å². The molecule has 2 aromatic rings. The molecule has 1 aromatic heterocycles. The monoisotopic (exact) mass is 297 g/mol. The van der Waals surface area contributed by atoms with Gasteiger partial charge in [0.2, 0.25) is 0 Å². The molecule has 0 aliphatic carbocycles. The Morgan fingerprint density at radius 2 is 1.95 bits per heavy atom. The zero-order valence-corrected chi connectivity index (χ0v) is 13.6. The van der Waals surface area contributed by atoms with Gasteiger partial charge in [0.25, 0.3) is 0 Å². The second-order valence-electron chi connectivity index (χ2n) is 7.15. The van der Waals surface area contributed by atoms with E-state index in [1.165, 1.54) is 62.9 Å². The Hall–Kier alpha value is -1.32. The molecule has 1 N–H and O–H groups in total. The molecule has 2 saturated heterocycles. The number of likely N-dealkylation sites (tertiary alicyclic amines) is 1. The highest BCUT2D eigenvalue weighted by molar-refractivity contribution is 5.84. The second-order valence-corrected chi connectivity index (χ2v) is 7.15. The van der Waals surface area contributed by atoms with Gasteiger partial charge in [-0.15, -0.1) is 0 Å². The molecule has 0 spiro atoms. The smallest absolute Gasteiger partial charge is 0.0480 e. The number of hydrogen-bond acceptors (Lipinski definition) is 2. The fourth-order valence-electron chi connectivity index (χ4n) is 4.38.